The summed E-state index contributed by atoms with van der Waals surface area (Å²) in [5.74, 6) is 0.178. The number of likely N-dealkylation sites (N-methyl/N-ethyl adjacent to an activating group) is 1. The van der Waals surface area contributed by atoms with Gasteiger partial charge in [0.15, 0.2) is 11.2 Å². The molecule has 1 aliphatic carbocycles. The normalized spacial score (nSPS) is 25.1. The summed E-state index contributed by atoms with van der Waals surface area (Å²) in [6, 6.07) is 11.4. The Morgan fingerprint density at radius 3 is 2.62 bits per heavy atom. The Bertz CT molecular complexity index is 1310. The van der Waals surface area contributed by atoms with Gasteiger partial charge in [-0.25, -0.2) is 0 Å². The van der Waals surface area contributed by atoms with Gasteiger partial charge in [0.25, 0.3) is 0 Å². The highest BCUT2D eigenvalue weighted by atomic mass is 16.1. The summed E-state index contributed by atoms with van der Waals surface area (Å²) in [6.07, 6.45) is 5.34. The number of aryl methyl sites for hydroxylation is 1. The topological polar surface area (TPSA) is 42.3 Å². The molecule has 1 aromatic heterocycles. The minimum Gasteiger partial charge on any atom is -0.370 e. The molecular weight excluding hydrogens is 360 g/mol. The lowest BCUT2D eigenvalue weighted by molar-refractivity contribution is 0.102. The van der Waals surface area contributed by atoms with Crippen LogP contribution in [0.1, 0.15) is 23.7 Å². The molecule has 0 spiro atoms. The number of fused-ring (bicyclic) bond motifs is 4. The molecule has 0 amide bonds. The third-order valence-electron chi connectivity index (χ3n) is 6.76. The number of Topliss-reactive ketones (excluding diaryl/α,β-unsaturated/α-hetero) is 1. The predicted molar refractivity (Wildman–Crippen MR) is 119 cm³/mol. The quantitative estimate of drug-likeness (QED) is 0.326. The Labute approximate surface area is 169 Å². The number of ketones is 1. The van der Waals surface area contributed by atoms with Crippen molar-refractivity contribution in [3.8, 4) is 0 Å². The number of para-hydroxylation sites is 1. The predicted octanol–water partition coefficient (Wildman–Crippen LogP) is 4.46. The highest BCUT2D eigenvalue weighted by molar-refractivity contribution is 6.15. The van der Waals surface area contributed by atoms with Crippen LogP contribution in [-0.2, 0) is 7.05 Å². The van der Waals surface area contributed by atoms with Crippen LogP contribution in [0.25, 0.3) is 21.8 Å². The molecular formula is C25H24N2O2. The van der Waals surface area contributed by atoms with Crippen LogP contribution in [0.2, 0.25) is 0 Å². The summed E-state index contributed by atoms with van der Waals surface area (Å²) in [5.41, 5.74) is 3.74. The summed E-state index contributed by atoms with van der Waals surface area (Å²) in [6.45, 7) is 7.04. The third kappa shape index (κ3) is 2.52. The van der Waals surface area contributed by atoms with Crippen molar-refractivity contribution in [3.05, 3.63) is 76.5 Å². The second-order valence-electron chi connectivity index (χ2n) is 8.69. The molecule has 2 atom stereocenters. The molecule has 29 heavy (non-hydrogen) atoms. The molecule has 3 aromatic rings. The molecule has 146 valence electrons. The van der Waals surface area contributed by atoms with E-state index in [2.05, 4.69) is 25.7 Å². The van der Waals surface area contributed by atoms with Crippen molar-refractivity contribution in [2.24, 2.45) is 18.4 Å². The fraction of sp³-hybridized carbons (Fsp3) is 0.280. The zero-order chi connectivity index (χ0) is 20.5. The summed E-state index contributed by atoms with van der Waals surface area (Å²) >= 11 is 0. The Kier molecular flexibility index (Phi) is 3.66. The molecule has 2 unspecified atom stereocenters. The molecule has 0 N–H and O–H groups in total. The van der Waals surface area contributed by atoms with Gasteiger partial charge < -0.3 is 9.47 Å². The standard InChI is InChI=1S/C25H24N2O2/c1-15-19-14-25(19,2)10-7-11-26(3)21-12-18-22(13-17(21)23(15)28)27(4)20-9-6-5-8-16(20)24(18)29/h5-10,12-13,19H,1,11,14H2,2-4H3/b10-7-. The van der Waals surface area contributed by atoms with Gasteiger partial charge in [-0.2, -0.15) is 0 Å². The number of benzene rings is 2. The highest BCUT2D eigenvalue weighted by Crippen LogP contribution is 2.57. The fourth-order valence-corrected chi connectivity index (χ4v) is 4.76. The van der Waals surface area contributed by atoms with E-state index in [4.69, 9.17) is 0 Å². The van der Waals surface area contributed by atoms with Crippen LogP contribution in [0.4, 0.5) is 5.69 Å². The van der Waals surface area contributed by atoms with Crippen LogP contribution < -0.4 is 10.3 Å². The number of carbonyl (C=O) groups excluding carboxylic acids is 1. The second kappa shape index (κ2) is 5.93. The van der Waals surface area contributed by atoms with E-state index in [1.807, 2.05) is 60.0 Å². The van der Waals surface area contributed by atoms with Crippen LogP contribution in [0, 0.1) is 11.3 Å². The van der Waals surface area contributed by atoms with E-state index >= 15 is 0 Å². The van der Waals surface area contributed by atoms with Crippen molar-refractivity contribution in [2.75, 3.05) is 18.5 Å². The lowest BCUT2D eigenvalue weighted by Crippen LogP contribution is -2.23. The molecule has 2 heterocycles. The molecule has 1 aliphatic heterocycles. The Balaban J connectivity index is 1.83. The zero-order valence-corrected chi connectivity index (χ0v) is 17.0. The van der Waals surface area contributed by atoms with Gasteiger partial charge in [0.1, 0.15) is 0 Å². The number of hydrogen-bond acceptors (Lipinski definition) is 3. The highest BCUT2D eigenvalue weighted by Gasteiger charge is 2.51. The molecule has 0 radical (unpaired) electrons. The van der Waals surface area contributed by atoms with Gasteiger partial charge in [0.05, 0.1) is 11.0 Å². The zero-order valence-electron chi connectivity index (χ0n) is 17.0. The average molecular weight is 384 g/mol. The van der Waals surface area contributed by atoms with Gasteiger partial charge in [0.2, 0.25) is 0 Å². The molecule has 2 aliphatic rings. The number of hydrogen-bond donors (Lipinski definition) is 0. The molecule has 4 nitrogen and oxygen atoms in total. The van der Waals surface area contributed by atoms with Crippen molar-refractivity contribution in [2.45, 2.75) is 13.3 Å². The first-order valence-corrected chi connectivity index (χ1v) is 9.99. The minimum absolute atomic E-state index is 0.00131. The Hall–Kier alpha value is -3.14. The molecule has 2 aromatic carbocycles. The maximum absolute atomic E-state index is 13.4. The van der Waals surface area contributed by atoms with Crippen LogP contribution in [-0.4, -0.2) is 23.9 Å². The molecule has 5 rings (SSSR count). The van der Waals surface area contributed by atoms with Crippen LogP contribution in [0.3, 0.4) is 0 Å². The van der Waals surface area contributed by atoms with Gasteiger partial charge in [-0.15, -0.1) is 0 Å². The summed E-state index contributed by atoms with van der Waals surface area (Å²) in [7, 11) is 3.91. The fourth-order valence-electron chi connectivity index (χ4n) is 4.76. The van der Waals surface area contributed by atoms with Gasteiger partial charge in [0, 0.05) is 42.7 Å². The Morgan fingerprint density at radius 1 is 1.07 bits per heavy atom. The van der Waals surface area contributed by atoms with Crippen molar-refractivity contribution < 1.29 is 4.79 Å². The second-order valence-corrected chi connectivity index (χ2v) is 8.69. The summed E-state index contributed by atoms with van der Waals surface area (Å²) < 4.78 is 2.00. The largest absolute Gasteiger partial charge is 0.370 e. The van der Waals surface area contributed by atoms with Crippen molar-refractivity contribution in [1.29, 1.82) is 0 Å². The first kappa shape index (κ1) is 17.9. The van der Waals surface area contributed by atoms with Gasteiger partial charge in [-0.05, 0) is 47.6 Å². The van der Waals surface area contributed by atoms with Gasteiger partial charge in [-0.1, -0.05) is 37.8 Å². The van der Waals surface area contributed by atoms with Crippen molar-refractivity contribution in [3.63, 3.8) is 0 Å². The third-order valence-corrected chi connectivity index (χ3v) is 6.76. The smallest absolute Gasteiger partial charge is 0.197 e. The van der Waals surface area contributed by atoms with E-state index in [1.165, 1.54) is 0 Å². The van der Waals surface area contributed by atoms with Crippen LogP contribution >= 0.6 is 0 Å². The molecule has 4 heteroatoms. The summed E-state index contributed by atoms with van der Waals surface area (Å²) in [4.78, 5) is 28.7. The number of anilines is 1. The van der Waals surface area contributed by atoms with Crippen molar-refractivity contribution in [1.82, 2.24) is 4.57 Å². The van der Waals surface area contributed by atoms with Gasteiger partial charge in [-0.3, -0.25) is 9.59 Å². The van der Waals surface area contributed by atoms with Crippen LogP contribution in [0.15, 0.2) is 65.5 Å². The average Bonchev–Trinajstić information content (AvgIpc) is 3.40. The first-order chi connectivity index (χ1) is 13.8. The van der Waals surface area contributed by atoms with E-state index in [1.54, 1.807) is 0 Å². The number of allylic oxidation sites excluding steroid dienone is 2. The van der Waals surface area contributed by atoms with Gasteiger partial charge >= 0.3 is 0 Å². The number of nitrogens with zero attached hydrogens (tertiary/aromatic N) is 2. The van der Waals surface area contributed by atoms with E-state index in [-0.39, 0.29) is 22.5 Å². The van der Waals surface area contributed by atoms with E-state index in [0.29, 0.717) is 28.5 Å². The summed E-state index contributed by atoms with van der Waals surface area (Å²) in [5, 5.41) is 1.32. The molecule has 1 saturated carbocycles. The van der Waals surface area contributed by atoms with E-state index in [9.17, 15) is 9.59 Å². The first-order valence-electron chi connectivity index (χ1n) is 9.99. The maximum atomic E-state index is 13.4. The number of carbonyl (C=O) groups is 1. The van der Waals surface area contributed by atoms with Crippen LogP contribution in [0.5, 0.6) is 0 Å². The maximum Gasteiger partial charge on any atom is 0.197 e. The lowest BCUT2D eigenvalue weighted by atomic mass is 9.92. The number of rotatable bonds is 0. The number of aromatic nitrogens is 1. The number of pyridine rings is 1. The molecule has 0 saturated heterocycles. The minimum atomic E-state index is -0.0154. The monoisotopic (exact) mass is 384 g/mol. The molecule has 1 fully saturated rings. The van der Waals surface area contributed by atoms with E-state index < -0.39 is 0 Å². The van der Waals surface area contributed by atoms with Crippen molar-refractivity contribution >= 4 is 33.3 Å². The Morgan fingerprint density at radius 2 is 1.83 bits per heavy atom. The molecule has 0 bridgehead atoms. The lowest BCUT2D eigenvalue weighted by Gasteiger charge is -2.24. The van der Waals surface area contributed by atoms with E-state index in [0.717, 1.165) is 23.1 Å². The SMILES string of the molecule is C=C1C(=O)c2cc3c(cc2N(C)C/C=C\C2(C)CC12)c(=O)c1ccccc1n3C.